The van der Waals surface area contributed by atoms with E-state index < -0.39 is 0 Å². The van der Waals surface area contributed by atoms with Crippen LogP contribution in [-0.2, 0) is 0 Å². The highest BCUT2D eigenvalue weighted by atomic mass is 14.8. The maximum absolute atomic E-state index is 4.92. The smallest absolute Gasteiger partial charge is 0.0720 e. The van der Waals surface area contributed by atoms with E-state index in [4.69, 9.17) is 4.99 Å². The minimum atomic E-state index is 0.323. The van der Waals surface area contributed by atoms with Gasteiger partial charge in [-0.3, -0.25) is 4.99 Å². The molecule has 0 aromatic heterocycles. The second-order valence-electron chi connectivity index (χ2n) is 4.70. The van der Waals surface area contributed by atoms with Gasteiger partial charge in [0, 0.05) is 5.71 Å². The number of aliphatic imine (C=N–C) groups is 1. The normalized spacial score (nSPS) is 24.9. The summed E-state index contributed by atoms with van der Waals surface area (Å²) in [6.07, 6.45) is 5.14. The fourth-order valence-electron chi connectivity index (χ4n) is 2.56. The minimum absolute atomic E-state index is 0.323. The van der Waals surface area contributed by atoms with Crippen LogP contribution in [0.15, 0.2) is 35.3 Å². The molecule has 1 aromatic carbocycles. The van der Waals surface area contributed by atoms with E-state index in [1.54, 1.807) is 0 Å². The first-order valence-corrected chi connectivity index (χ1v) is 6.42. The number of hydrogen-bond acceptors (Lipinski definition) is 1. The van der Waals surface area contributed by atoms with Crippen LogP contribution in [0.4, 0.5) is 0 Å². The second-order valence-corrected chi connectivity index (χ2v) is 4.70. The lowest BCUT2D eigenvalue weighted by atomic mass is 10.0. The van der Waals surface area contributed by atoms with Crippen LogP contribution in [0.2, 0.25) is 0 Å². The van der Waals surface area contributed by atoms with Crippen molar-refractivity contribution in [3.8, 4) is 0 Å². The molecule has 0 spiro atoms. The van der Waals surface area contributed by atoms with Crippen molar-refractivity contribution in [2.24, 2.45) is 10.9 Å². The Hall–Kier alpha value is -1.11. The van der Waals surface area contributed by atoms with E-state index in [1.165, 1.54) is 37.0 Å². The maximum atomic E-state index is 4.92. The van der Waals surface area contributed by atoms with Crippen molar-refractivity contribution in [1.29, 1.82) is 0 Å². The van der Waals surface area contributed by atoms with E-state index in [1.807, 2.05) is 0 Å². The van der Waals surface area contributed by atoms with Gasteiger partial charge in [-0.1, -0.05) is 37.3 Å². The van der Waals surface area contributed by atoms with Crippen molar-refractivity contribution in [1.82, 2.24) is 0 Å². The third-order valence-corrected chi connectivity index (χ3v) is 3.59. The highest BCUT2D eigenvalue weighted by molar-refractivity contribution is 5.88. The van der Waals surface area contributed by atoms with Crippen molar-refractivity contribution in [3.05, 3.63) is 35.9 Å². The summed E-state index contributed by atoms with van der Waals surface area (Å²) in [6, 6.07) is 10.9. The third kappa shape index (κ3) is 2.52. The number of nitrogens with zero attached hydrogens (tertiary/aromatic N) is 1. The van der Waals surface area contributed by atoms with Gasteiger partial charge in [0.05, 0.1) is 6.04 Å². The fourth-order valence-corrected chi connectivity index (χ4v) is 2.56. The quantitative estimate of drug-likeness (QED) is 0.708. The fraction of sp³-hybridized carbons (Fsp3) is 0.533. The molecule has 1 aliphatic carbocycles. The van der Waals surface area contributed by atoms with Crippen molar-refractivity contribution < 1.29 is 0 Å². The van der Waals surface area contributed by atoms with E-state index in [9.17, 15) is 0 Å². The van der Waals surface area contributed by atoms with Crippen LogP contribution in [0, 0.1) is 5.92 Å². The van der Waals surface area contributed by atoms with Crippen molar-refractivity contribution in [3.63, 3.8) is 0 Å². The molecule has 1 aliphatic rings. The monoisotopic (exact) mass is 215 g/mol. The van der Waals surface area contributed by atoms with Gasteiger partial charge in [0.25, 0.3) is 0 Å². The van der Waals surface area contributed by atoms with Crippen LogP contribution in [-0.4, -0.2) is 5.71 Å². The third-order valence-electron chi connectivity index (χ3n) is 3.59. The summed E-state index contributed by atoms with van der Waals surface area (Å²) >= 11 is 0. The van der Waals surface area contributed by atoms with E-state index in [0.717, 1.165) is 5.92 Å². The first-order chi connectivity index (χ1) is 7.81. The molecule has 0 N–H and O–H groups in total. The summed E-state index contributed by atoms with van der Waals surface area (Å²) in [4.78, 5) is 4.92. The van der Waals surface area contributed by atoms with Gasteiger partial charge in [0.1, 0.15) is 0 Å². The molecule has 16 heavy (non-hydrogen) atoms. The van der Waals surface area contributed by atoms with Gasteiger partial charge >= 0.3 is 0 Å². The van der Waals surface area contributed by atoms with Crippen LogP contribution >= 0.6 is 0 Å². The highest BCUT2D eigenvalue weighted by Crippen LogP contribution is 2.28. The maximum Gasteiger partial charge on any atom is 0.0720 e. The lowest BCUT2D eigenvalue weighted by molar-refractivity contribution is 0.639. The largest absolute Gasteiger partial charge is 0.286 e. The van der Waals surface area contributed by atoms with Gasteiger partial charge in [-0.25, -0.2) is 0 Å². The predicted octanol–water partition coefficient (Wildman–Crippen LogP) is 4.40. The molecule has 1 fully saturated rings. The highest BCUT2D eigenvalue weighted by Gasteiger charge is 2.21. The van der Waals surface area contributed by atoms with Crippen LogP contribution in [0.1, 0.15) is 51.1 Å². The van der Waals surface area contributed by atoms with Crippen molar-refractivity contribution in [2.45, 2.75) is 45.6 Å². The first kappa shape index (κ1) is 11.4. The molecular formula is C15H21N. The summed E-state index contributed by atoms with van der Waals surface area (Å²) in [5.41, 5.74) is 2.79. The van der Waals surface area contributed by atoms with E-state index in [2.05, 4.69) is 44.2 Å². The van der Waals surface area contributed by atoms with Gasteiger partial charge in [0.15, 0.2) is 0 Å². The lowest BCUT2D eigenvalue weighted by Gasteiger charge is -2.12. The Balaban J connectivity index is 2.11. The Bertz CT molecular complexity index is 353. The zero-order valence-corrected chi connectivity index (χ0v) is 10.3. The molecule has 1 unspecified atom stereocenters. The number of benzene rings is 1. The lowest BCUT2D eigenvalue weighted by Crippen LogP contribution is -2.07. The van der Waals surface area contributed by atoms with Crippen molar-refractivity contribution >= 4 is 5.71 Å². The molecule has 0 aliphatic heterocycles. The predicted molar refractivity (Wildman–Crippen MR) is 69.9 cm³/mol. The molecule has 86 valence electrons. The topological polar surface area (TPSA) is 12.4 Å². The SMILES string of the molecule is CCC1CCCC1=N[C@H](C)c1ccccc1. The Labute approximate surface area is 98.6 Å². The van der Waals surface area contributed by atoms with Crippen LogP contribution < -0.4 is 0 Å². The van der Waals surface area contributed by atoms with E-state index >= 15 is 0 Å². The van der Waals surface area contributed by atoms with Crippen LogP contribution in [0.5, 0.6) is 0 Å². The average molecular weight is 215 g/mol. The van der Waals surface area contributed by atoms with Crippen LogP contribution in [0.25, 0.3) is 0 Å². The van der Waals surface area contributed by atoms with E-state index in [-0.39, 0.29) is 0 Å². The molecule has 1 heteroatoms. The molecule has 0 heterocycles. The zero-order chi connectivity index (χ0) is 11.4. The summed E-state index contributed by atoms with van der Waals surface area (Å²) in [5, 5.41) is 0. The summed E-state index contributed by atoms with van der Waals surface area (Å²) in [6.45, 7) is 4.48. The molecule has 1 aromatic rings. The molecule has 0 saturated heterocycles. The standard InChI is InChI=1S/C15H21N/c1-3-13-10-7-11-15(13)16-12(2)14-8-5-4-6-9-14/h4-6,8-9,12-13H,3,7,10-11H2,1-2H3/t12-,13?/m1/s1. The Morgan fingerprint density at radius 2 is 2.06 bits per heavy atom. The molecule has 1 nitrogen and oxygen atoms in total. The molecule has 0 bridgehead atoms. The Morgan fingerprint density at radius 1 is 1.31 bits per heavy atom. The molecule has 0 radical (unpaired) electrons. The van der Waals surface area contributed by atoms with Gasteiger partial charge < -0.3 is 0 Å². The molecule has 2 atom stereocenters. The second kappa shape index (κ2) is 5.29. The Kier molecular flexibility index (Phi) is 3.76. The summed E-state index contributed by atoms with van der Waals surface area (Å²) in [7, 11) is 0. The van der Waals surface area contributed by atoms with Crippen molar-refractivity contribution in [2.75, 3.05) is 0 Å². The summed E-state index contributed by atoms with van der Waals surface area (Å²) in [5.74, 6) is 0.756. The number of rotatable bonds is 3. The first-order valence-electron chi connectivity index (χ1n) is 6.42. The summed E-state index contributed by atoms with van der Waals surface area (Å²) < 4.78 is 0. The molecule has 2 rings (SSSR count). The van der Waals surface area contributed by atoms with Gasteiger partial charge in [0.2, 0.25) is 0 Å². The van der Waals surface area contributed by atoms with Gasteiger partial charge in [-0.2, -0.15) is 0 Å². The van der Waals surface area contributed by atoms with Gasteiger partial charge in [-0.05, 0) is 44.1 Å². The molecular weight excluding hydrogens is 194 g/mol. The van der Waals surface area contributed by atoms with E-state index in [0.29, 0.717) is 6.04 Å². The Morgan fingerprint density at radius 3 is 2.75 bits per heavy atom. The molecule has 1 saturated carbocycles. The average Bonchev–Trinajstić information content (AvgIpc) is 2.77. The van der Waals surface area contributed by atoms with Gasteiger partial charge in [-0.15, -0.1) is 0 Å². The zero-order valence-electron chi connectivity index (χ0n) is 10.3. The van der Waals surface area contributed by atoms with Crippen LogP contribution in [0.3, 0.4) is 0 Å². The number of hydrogen-bond donors (Lipinski definition) is 0. The minimum Gasteiger partial charge on any atom is -0.286 e. The molecule has 0 amide bonds.